The molecule has 3 atom stereocenters. The molecule has 2 saturated heterocycles. The number of nitrogens with one attached hydrogen (secondary N) is 1. The molecule has 2 heterocycles. The summed E-state index contributed by atoms with van der Waals surface area (Å²) >= 11 is 0. The Bertz CT molecular complexity index is 917. The molecule has 9 nitrogen and oxygen atoms in total. The van der Waals surface area contributed by atoms with Crippen molar-refractivity contribution in [2.75, 3.05) is 26.7 Å². The molecular weight excluding hydrogens is 424 g/mol. The van der Waals surface area contributed by atoms with Gasteiger partial charge in [0.25, 0.3) is 5.91 Å². The number of hydrogen-bond donors (Lipinski definition) is 2. The Hall–Kier alpha value is -3.20. The summed E-state index contributed by atoms with van der Waals surface area (Å²) in [5.74, 6) is -4.05. The molecule has 0 spiro atoms. The van der Waals surface area contributed by atoms with Crippen LogP contribution >= 0.6 is 0 Å². The van der Waals surface area contributed by atoms with E-state index in [1.165, 1.54) is 4.90 Å². The molecule has 1 aromatic rings. The molecule has 0 radical (unpaired) electrons. The Morgan fingerprint density at radius 3 is 2.48 bits per heavy atom. The Kier molecular flexibility index (Phi) is 7.86. The van der Waals surface area contributed by atoms with Gasteiger partial charge in [0, 0.05) is 19.6 Å². The number of carboxylic acid groups (broad SMARTS) is 1. The van der Waals surface area contributed by atoms with E-state index in [0.717, 1.165) is 10.6 Å². The smallest absolute Gasteiger partial charge is 0.346 e. The molecule has 4 amide bonds. The molecule has 3 rings (SSSR count). The number of likely N-dealkylation sites (N-methyl/N-ethyl adjacent to an activating group) is 1. The zero-order chi connectivity index (χ0) is 24.1. The highest BCUT2D eigenvalue weighted by molar-refractivity contribution is 6.05. The molecule has 2 aliphatic rings. The van der Waals surface area contributed by atoms with E-state index >= 15 is 0 Å². The van der Waals surface area contributed by atoms with E-state index in [-0.39, 0.29) is 12.3 Å². The number of allylic oxidation sites excluding steroid dienone is 1. The Morgan fingerprint density at radius 2 is 1.85 bits per heavy atom. The van der Waals surface area contributed by atoms with E-state index in [4.69, 9.17) is 0 Å². The van der Waals surface area contributed by atoms with Gasteiger partial charge in [0.2, 0.25) is 5.91 Å². The van der Waals surface area contributed by atoms with Crippen molar-refractivity contribution in [2.45, 2.75) is 32.7 Å². The molecule has 9 heteroatoms. The van der Waals surface area contributed by atoms with E-state index in [2.05, 4.69) is 5.43 Å². The third-order valence-corrected chi connectivity index (χ3v) is 6.11. The van der Waals surface area contributed by atoms with Gasteiger partial charge < -0.3 is 14.9 Å². The van der Waals surface area contributed by atoms with E-state index in [1.807, 2.05) is 62.2 Å². The maximum absolute atomic E-state index is 13.2. The number of rotatable bonds is 9. The molecule has 2 fully saturated rings. The van der Waals surface area contributed by atoms with Crippen molar-refractivity contribution >= 4 is 29.9 Å². The van der Waals surface area contributed by atoms with Crippen LogP contribution in [0.1, 0.15) is 32.3 Å². The number of carbonyl (C=O) groups is 4. The molecule has 33 heavy (non-hydrogen) atoms. The number of fused-ring (bicyclic) bond motifs is 1. The predicted molar refractivity (Wildman–Crippen MR) is 123 cm³/mol. The molecule has 1 unspecified atom stereocenters. The summed E-state index contributed by atoms with van der Waals surface area (Å²) in [6.07, 6.45) is 4.03. The average Bonchev–Trinajstić information content (AvgIpc) is 3.00. The Morgan fingerprint density at radius 1 is 1.15 bits per heavy atom. The molecule has 0 aliphatic carbocycles. The zero-order valence-corrected chi connectivity index (χ0v) is 19.3. The van der Waals surface area contributed by atoms with Gasteiger partial charge in [0.05, 0.1) is 11.8 Å². The first-order valence-corrected chi connectivity index (χ1v) is 11.3. The van der Waals surface area contributed by atoms with Gasteiger partial charge in [-0.05, 0) is 31.4 Å². The molecular formula is C24H32N4O5. The first-order chi connectivity index (χ1) is 15.7. The first-order valence-electron chi connectivity index (χ1n) is 11.3. The maximum Gasteiger partial charge on any atom is 0.346 e. The quantitative estimate of drug-likeness (QED) is 0.551. The van der Waals surface area contributed by atoms with Crippen LogP contribution < -0.4 is 5.43 Å². The highest BCUT2D eigenvalue weighted by atomic mass is 16.4. The number of carboxylic acids is 1. The highest BCUT2D eigenvalue weighted by Gasteiger charge is 2.49. The molecule has 0 aromatic heterocycles. The summed E-state index contributed by atoms with van der Waals surface area (Å²) in [4.78, 5) is 54.3. The molecule has 0 bridgehead atoms. The summed E-state index contributed by atoms with van der Waals surface area (Å²) in [5.41, 5.74) is 3.38. The minimum absolute atomic E-state index is 0.0469. The van der Waals surface area contributed by atoms with Gasteiger partial charge in [-0.15, -0.1) is 0 Å². The third-order valence-electron chi connectivity index (χ3n) is 6.11. The molecule has 2 aliphatic heterocycles. The Balaban J connectivity index is 1.75. The number of aliphatic carboxylic acids is 1. The summed E-state index contributed by atoms with van der Waals surface area (Å²) in [6, 6.07) is 8.28. The number of hydrogen-bond acceptors (Lipinski definition) is 5. The van der Waals surface area contributed by atoms with E-state index < -0.39 is 41.7 Å². The van der Waals surface area contributed by atoms with Gasteiger partial charge in [-0.25, -0.2) is 4.79 Å². The second kappa shape index (κ2) is 10.6. The summed E-state index contributed by atoms with van der Waals surface area (Å²) < 4.78 is 0. The van der Waals surface area contributed by atoms with Crippen LogP contribution in [-0.2, 0) is 14.4 Å². The fourth-order valence-electron chi connectivity index (χ4n) is 4.34. The van der Waals surface area contributed by atoms with E-state index in [9.17, 15) is 24.3 Å². The standard InChI is InChI=1S/C24H32N4O5/c1-16(2)14-19(18(23(31)32)11-7-10-17-8-5-4-6-9-17)21(29)25-28-22(30)20-15-26(3)12-13-27(20)24(28)33/h4-10,16,18-20H,11-15H2,1-3H3,(H,25,29)(H,31,32)/b10-7+/t18-,19+,20?/m0/s1. The lowest BCUT2D eigenvalue weighted by Gasteiger charge is -2.32. The molecule has 0 saturated carbocycles. The van der Waals surface area contributed by atoms with Crippen LogP contribution in [0.2, 0.25) is 0 Å². The van der Waals surface area contributed by atoms with Gasteiger partial charge >= 0.3 is 12.0 Å². The largest absolute Gasteiger partial charge is 0.481 e. The van der Waals surface area contributed by atoms with Crippen LogP contribution in [0.25, 0.3) is 6.08 Å². The van der Waals surface area contributed by atoms with Crippen LogP contribution in [0.15, 0.2) is 36.4 Å². The second-order valence-corrected chi connectivity index (χ2v) is 9.13. The fourth-order valence-corrected chi connectivity index (χ4v) is 4.34. The second-order valence-electron chi connectivity index (χ2n) is 9.13. The van der Waals surface area contributed by atoms with Gasteiger partial charge in [0.15, 0.2) is 0 Å². The average molecular weight is 457 g/mol. The van der Waals surface area contributed by atoms with Crippen molar-refractivity contribution in [3.63, 3.8) is 0 Å². The lowest BCUT2D eigenvalue weighted by Crippen LogP contribution is -2.51. The Labute approximate surface area is 194 Å². The van der Waals surface area contributed by atoms with Crippen molar-refractivity contribution < 1.29 is 24.3 Å². The lowest BCUT2D eigenvalue weighted by atomic mass is 9.82. The number of urea groups is 1. The van der Waals surface area contributed by atoms with Crippen molar-refractivity contribution in [1.82, 2.24) is 20.2 Å². The third kappa shape index (κ3) is 5.78. The lowest BCUT2D eigenvalue weighted by molar-refractivity contribution is -0.149. The number of benzene rings is 1. The topological polar surface area (TPSA) is 110 Å². The summed E-state index contributed by atoms with van der Waals surface area (Å²) in [6.45, 7) is 5.24. The number of imide groups is 1. The van der Waals surface area contributed by atoms with E-state index in [0.29, 0.717) is 26.1 Å². The van der Waals surface area contributed by atoms with Crippen molar-refractivity contribution in [3.05, 3.63) is 42.0 Å². The van der Waals surface area contributed by atoms with Crippen LogP contribution in [0.3, 0.4) is 0 Å². The zero-order valence-electron chi connectivity index (χ0n) is 19.3. The predicted octanol–water partition coefficient (Wildman–Crippen LogP) is 2.06. The van der Waals surface area contributed by atoms with Crippen LogP contribution in [-0.4, -0.2) is 76.5 Å². The number of piperazine rings is 1. The molecule has 1 aromatic carbocycles. The molecule has 2 N–H and O–H groups in total. The van der Waals surface area contributed by atoms with Crippen LogP contribution in [0.5, 0.6) is 0 Å². The number of nitrogens with zero attached hydrogens (tertiary/aromatic N) is 3. The number of carbonyl (C=O) groups excluding carboxylic acids is 3. The van der Waals surface area contributed by atoms with Crippen molar-refractivity contribution in [3.8, 4) is 0 Å². The van der Waals surface area contributed by atoms with Crippen LogP contribution in [0.4, 0.5) is 4.79 Å². The van der Waals surface area contributed by atoms with Crippen molar-refractivity contribution in [2.24, 2.45) is 17.8 Å². The maximum atomic E-state index is 13.2. The monoisotopic (exact) mass is 456 g/mol. The fraction of sp³-hybridized carbons (Fsp3) is 0.500. The van der Waals surface area contributed by atoms with Gasteiger partial charge in [0.1, 0.15) is 6.04 Å². The number of amides is 4. The van der Waals surface area contributed by atoms with Gasteiger partial charge in [-0.2, -0.15) is 5.01 Å². The normalized spacial score (nSPS) is 20.9. The molecule has 178 valence electrons. The van der Waals surface area contributed by atoms with Gasteiger partial charge in [-0.1, -0.05) is 56.3 Å². The van der Waals surface area contributed by atoms with Crippen molar-refractivity contribution in [1.29, 1.82) is 0 Å². The minimum Gasteiger partial charge on any atom is -0.481 e. The van der Waals surface area contributed by atoms with Gasteiger partial charge in [-0.3, -0.25) is 19.8 Å². The highest BCUT2D eigenvalue weighted by Crippen LogP contribution is 2.27. The van der Waals surface area contributed by atoms with E-state index in [1.54, 1.807) is 6.08 Å². The number of hydrazine groups is 1. The van der Waals surface area contributed by atoms with Crippen LogP contribution in [0, 0.1) is 17.8 Å². The summed E-state index contributed by atoms with van der Waals surface area (Å²) in [5, 5.41) is 10.7. The summed E-state index contributed by atoms with van der Waals surface area (Å²) in [7, 11) is 1.87. The SMILES string of the molecule is CC(C)C[C@@H](C(=O)NN1C(=O)C2CN(C)CCN2C1=O)[C@H](C/C=C/c1ccccc1)C(=O)O. The minimum atomic E-state index is -1.09. The first kappa shape index (κ1) is 24.4.